The van der Waals surface area contributed by atoms with Gasteiger partial charge in [0.05, 0.1) is 5.56 Å². The number of rotatable bonds is 5. The van der Waals surface area contributed by atoms with Crippen molar-refractivity contribution in [3.8, 4) is 5.69 Å². The smallest absolute Gasteiger partial charge is 0.338 e. The molecule has 0 radical (unpaired) electrons. The number of anilines is 1. The van der Waals surface area contributed by atoms with Crippen molar-refractivity contribution >= 4 is 29.2 Å². The van der Waals surface area contributed by atoms with Gasteiger partial charge >= 0.3 is 5.97 Å². The van der Waals surface area contributed by atoms with E-state index in [4.69, 9.17) is 16.3 Å². The van der Waals surface area contributed by atoms with Crippen molar-refractivity contribution in [2.45, 2.75) is 26.9 Å². The highest BCUT2D eigenvalue weighted by atomic mass is 35.5. The van der Waals surface area contributed by atoms with Crippen molar-refractivity contribution < 1.29 is 14.3 Å². The summed E-state index contributed by atoms with van der Waals surface area (Å²) in [6.07, 6.45) is -0.934. The van der Waals surface area contributed by atoms with Crippen LogP contribution in [0.2, 0.25) is 5.02 Å². The van der Waals surface area contributed by atoms with E-state index in [0.717, 1.165) is 17.1 Å². The van der Waals surface area contributed by atoms with E-state index in [1.54, 1.807) is 36.4 Å². The summed E-state index contributed by atoms with van der Waals surface area (Å²) in [5, 5.41) is 3.26. The zero-order valence-corrected chi connectivity index (χ0v) is 16.7. The van der Waals surface area contributed by atoms with Crippen LogP contribution in [0.1, 0.15) is 28.7 Å². The molecular weight excluding hydrogens is 376 g/mol. The first-order chi connectivity index (χ1) is 13.3. The van der Waals surface area contributed by atoms with Crippen LogP contribution in [0.25, 0.3) is 5.69 Å². The van der Waals surface area contributed by atoms with Crippen molar-refractivity contribution in [2.24, 2.45) is 0 Å². The van der Waals surface area contributed by atoms with Crippen molar-refractivity contribution in [3.05, 3.63) is 82.6 Å². The number of carbonyl (C=O) groups is 2. The minimum absolute atomic E-state index is 0.386. The Kier molecular flexibility index (Phi) is 5.85. The van der Waals surface area contributed by atoms with Crippen LogP contribution < -0.4 is 5.32 Å². The van der Waals surface area contributed by atoms with E-state index < -0.39 is 18.0 Å². The number of hydrogen-bond acceptors (Lipinski definition) is 3. The molecule has 1 heterocycles. The van der Waals surface area contributed by atoms with Crippen molar-refractivity contribution in [3.63, 3.8) is 0 Å². The average molecular weight is 397 g/mol. The van der Waals surface area contributed by atoms with E-state index in [2.05, 4.69) is 9.88 Å². The number of halogens is 1. The van der Waals surface area contributed by atoms with Crippen LogP contribution in [0.3, 0.4) is 0 Å². The normalized spacial score (nSPS) is 11.7. The van der Waals surface area contributed by atoms with E-state index in [9.17, 15) is 9.59 Å². The summed E-state index contributed by atoms with van der Waals surface area (Å²) in [6.45, 7) is 5.58. The predicted octanol–water partition coefficient (Wildman–Crippen LogP) is 4.93. The Morgan fingerprint density at radius 3 is 2.07 bits per heavy atom. The van der Waals surface area contributed by atoms with Crippen LogP contribution in [0.15, 0.2) is 60.7 Å². The summed E-state index contributed by atoms with van der Waals surface area (Å²) in [7, 11) is 0. The second-order valence-electron chi connectivity index (χ2n) is 6.54. The Morgan fingerprint density at radius 1 is 0.929 bits per heavy atom. The summed E-state index contributed by atoms with van der Waals surface area (Å²) < 4.78 is 7.38. The molecule has 3 aromatic rings. The van der Waals surface area contributed by atoms with Gasteiger partial charge in [0.15, 0.2) is 6.10 Å². The molecule has 1 aromatic heterocycles. The Bertz CT molecular complexity index is 972. The molecule has 1 amide bonds. The van der Waals surface area contributed by atoms with E-state index >= 15 is 0 Å². The quantitative estimate of drug-likeness (QED) is 0.622. The molecule has 1 atom stereocenters. The number of aromatic nitrogens is 1. The molecule has 6 heteroatoms. The third-order valence-electron chi connectivity index (χ3n) is 4.40. The van der Waals surface area contributed by atoms with Gasteiger partial charge in [-0.2, -0.15) is 0 Å². The molecule has 0 bridgehead atoms. The largest absolute Gasteiger partial charge is 0.449 e. The van der Waals surface area contributed by atoms with Gasteiger partial charge in [0.2, 0.25) is 0 Å². The molecule has 2 aromatic carbocycles. The lowest BCUT2D eigenvalue weighted by Crippen LogP contribution is -2.30. The maximum atomic E-state index is 12.4. The van der Waals surface area contributed by atoms with Gasteiger partial charge in [-0.1, -0.05) is 11.6 Å². The van der Waals surface area contributed by atoms with Crippen LogP contribution in [0, 0.1) is 13.8 Å². The Morgan fingerprint density at radius 2 is 1.50 bits per heavy atom. The summed E-state index contributed by atoms with van der Waals surface area (Å²) in [5.41, 5.74) is 4.15. The highest BCUT2D eigenvalue weighted by Crippen LogP contribution is 2.18. The van der Waals surface area contributed by atoms with Gasteiger partial charge in [0.25, 0.3) is 5.91 Å². The standard InChI is InChI=1S/C22H21ClN2O3/c1-14-4-5-15(2)25(14)20-12-6-17(7-13-20)22(27)28-16(3)21(26)24-19-10-8-18(23)9-11-19/h4-13,16H,1-3H3,(H,24,26)/t16-/m1/s1. The highest BCUT2D eigenvalue weighted by molar-refractivity contribution is 6.30. The fourth-order valence-corrected chi connectivity index (χ4v) is 3.01. The number of hydrogen-bond donors (Lipinski definition) is 1. The molecule has 0 spiro atoms. The summed E-state index contributed by atoms with van der Waals surface area (Å²) in [6, 6.07) is 17.9. The maximum absolute atomic E-state index is 12.4. The predicted molar refractivity (Wildman–Crippen MR) is 110 cm³/mol. The summed E-state index contributed by atoms with van der Waals surface area (Å²) in [5.74, 6) is -0.961. The lowest BCUT2D eigenvalue weighted by molar-refractivity contribution is -0.123. The van der Waals surface area contributed by atoms with Gasteiger partial charge in [-0.15, -0.1) is 0 Å². The van der Waals surface area contributed by atoms with Crippen LogP contribution in [0.4, 0.5) is 5.69 Å². The monoisotopic (exact) mass is 396 g/mol. The van der Waals surface area contributed by atoms with E-state index in [-0.39, 0.29) is 0 Å². The second-order valence-corrected chi connectivity index (χ2v) is 6.98. The van der Waals surface area contributed by atoms with Gasteiger partial charge in [-0.3, -0.25) is 4.79 Å². The van der Waals surface area contributed by atoms with Crippen LogP contribution in [0.5, 0.6) is 0 Å². The highest BCUT2D eigenvalue weighted by Gasteiger charge is 2.19. The van der Waals surface area contributed by atoms with Gasteiger partial charge in [0.1, 0.15) is 0 Å². The molecule has 28 heavy (non-hydrogen) atoms. The first kappa shape index (κ1) is 19.7. The molecule has 0 fully saturated rings. The Hall–Kier alpha value is -3.05. The molecular formula is C22H21ClN2O3. The van der Waals surface area contributed by atoms with E-state index in [1.165, 1.54) is 6.92 Å². The molecule has 1 N–H and O–H groups in total. The van der Waals surface area contributed by atoms with E-state index in [1.807, 2.05) is 38.1 Å². The molecule has 0 aliphatic heterocycles. The maximum Gasteiger partial charge on any atom is 0.338 e. The fraction of sp³-hybridized carbons (Fsp3) is 0.182. The lowest BCUT2D eigenvalue weighted by Gasteiger charge is -2.14. The number of nitrogens with zero attached hydrogens (tertiary/aromatic N) is 1. The molecule has 0 saturated carbocycles. The number of aryl methyl sites for hydroxylation is 2. The number of amides is 1. The molecule has 0 aliphatic rings. The molecule has 0 saturated heterocycles. The van der Waals surface area contributed by atoms with Gasteiger partial charge < -0.3 is 14.6 Å². The SMILES string of the molecule is Cc1ccc(C)n1-c1ccc(C(=O)O[C@H](C)C(=O)Nc2ccc(Cl)cc2)cc1. The van der Waals surface area contributed by atoms with Gasteiger partial charge in [-0.25, -0.2) is 4.79 Å². The number of carbonyl (C=O) groups excluding carboxylic acids is 2. The van der Waals surface area contributed by atoms with Crippen LogP contribution in [-0.4, -0.2) is 22.5 Å². The summed E-state index contributed by atoms with van der Waals surface area (Å²) in [4.78, 5) is 24.6. The molecule has 0 unspecified atom stereocenters. The van der Waals surface area contributed by atoms with Gasteiger partial charge in [-0.05, 0) is 81.4 Å². The number of benzene rings is 2. The van der Waals surface area contributed by atoms with Crippen LogP contribution >= 0.6 is 11.6 Å². The van der Waals surface area contributed by atoms with Crippen molar-refractivity contribution in [2.75, 3.05) is 5.32 Å². The topological polar surface area (TPSA) is 60.3 Å². The van der Waals surface area contributed by atoms with E-state index in [0.29, 0.717) is 16.3 Å². The molecule has 0 aliphatic carbocycles. The zero-order valence-electron chi connectivity index (χ0n) is 15.9. The molecule has 5 nitrogen and oxygen atoms in total. The van der Waals surface area contributed by atoms with Crippen LogP contribution in [-0.2, 0) is 9.53 Å². The average Bonchev–Trinajstić information content (AvgIpc) is 3.02. The van der Waals surface area contributed by atoms with Gasteiger partial charge in [0, 0.05) is 27.8 Å². The fourth-order valence-electron chi connectivity index (χ4n) is 2.88. The number of esters is 1. The van der Waals surface area contributed by atoms with Crippen molar-refractivity contribution in [1.29, 1.82) is 0 Å². The first-order valence-electron chi connectivity index (χ1n) is 8.88. The minimum atomic E-state index is -0.934. The first-order valence-corrected chi connectivity index (χ1v) is 9.26. The third kappa shape index (κ3) is 4.43. The molecule has 3 rings (SSSR count). The minimum Gasteiger partial charge on any atom is -0.449 e. The second kappa shape index (κ2) is 8.31. The zero-order chi connectivity index (χ0) is 20.3. The molecule has 144 valence electrons. The Labute approximate surface area is 168 Å². The number of nitrogens with one attached hydrogen (secondary N) is 1. The van der Waals surface area contributed by atoms with Crippen molar-refractivity contribution in [1.82, 2.24) is 4.57 Å². The lowest BCUT2D eigenvalue weighted by atomic mass is 10.2. The number of ether oxygens (including phenoxy) is 1. The summed E-state index contributed by atoms with van der Waals surface area (Å²) >= 11 is 5.82. The third-order valence-corrected chi connectivity index (χ3v) is 4.65. The Balaban J connectivity index is 1.63.